The van der Waals surface area contributed by atoms with Crippen LogP contribution in [0.1, 0.15) is 41.4 Å². The van der Waals surface area contributed by atoms with Crippen molar-refractivity contribution < 1.29 is 18.8 Å². The zero-order chi connectivity index (χ0) is 20.3. The van der Waals surface area contributed by atoms with E-state index < -0.39 is 0 Å². The zero-order valence-electron chi connectivity index (χ0n) is 16.5. The van der Waals surface area contributed by atoms with Crippen LogP contribution >= 0.6 is 11.3 Å². The van der Waals surface area contributed by atoms with Gasteiger partial charge in [-0.1, -0.05) is 17.3 Å². The van der Waals surface area contributed by atoms with Gasteiger partial charge in [-0.3, -0.25) is 4.79 Å². The molecule has 1 amide bonds. The summed E-state index contributed by atoms with van der Waals surface area (Å²) in [5.74, 6) is 2.24. The molecule has 30 heavy (non-hydrogen) atoms. The first-order valence-corrected chi connectivity index (χ1v) is 11.2. The number of likely N-dealkylation sites (tertiary alicyclic amines) is 1. The van der Waals surface area contributed by atoms with Crippen molar-refractivity contribution >= 4 is 17.2 Å². The van der Waals surface area contributed by atoms with Gasteiger partial charge in [0.25, 0.3) is 11.8 Å². The molecule has 0 saturated carbocycles. The minimum absolute atomic E-state index is 0.0633. The van der Waals surface area contributed by atoms with Crippen molar-refractivity contribution in [3.8, 4) is 17.2 Å². The third-order valence-electron chi connectivity index (χ3n) is 5.64. The highest BCUT2D eigenvalue weighted by molar-refractivity contribution is 7.08. The maximum atomic E-state index is 12.6. The molecule has 3 aromatic rings. The van der Waals surface area contributed by atoms with E-state index >= 15 is 0 Å². The number of rotatable bonds is 5. The maximum Gasteiger partial charge on any atom is 0.261 e. The summed E-state index contributed by atoms with van der Waals surface area (Å²) in [5.41, 5.74) is 1.53. The normalized spacial score (nSPS) is 19.9. The number of thiophene rings is 1. The number of nitrogens with zero attached hydrogens (tertiary/aromatic N) is 3. The summed E-state index contributed by atoms with van der Waals surface area (Å²) in [5, 5.41) is 8.01. The number of amides is 1. The van der Waals surface area contributed by atoms with Gasteiger partial charge < -0.3 is 18.9 Å². The topological polar surface area (TPSA) is 77.7 Å². The number of benzene rings is 1. The van der Waals surface area contributed by atoms with E-state index in [1.807, 2.05) is 46.0 Å². The highest BCUT2D eigenvalue weighted by Crippen LogP contribution is 2.33. The summed E-state index contributed by atoms with van der Waals surface area (Å²) in [7, 11) is 0. The molecule has 1 atom stereocenters. The molecule has 0 radical (unpaired) electrons. The Kier molecular flexibility index (Phi) is 5.50. The molecule has 7 nitrogen and oxygen atoms in total. The van der Waals surface area contributed by atoms with Crippen LogP contribution in [0.15, 0.2) is 45.6 Å². The highest BCUT2D eigenvalue weighted by Gasteiger charge is 2.29. The minimum Gasteiger partial charge on any atom is -0.488 e. The monoisotopic (exact) mass is 425 g/mol. The lowest BCUT2D eigenvalue weighted by molar-refractivity contribution is 0.0773. The summed E-state index contributed by atoms with van der Waals surface area (Å²) < 4.78 is 17.3. The van der Waals surface area contributed by atoms with Gasteiger partial charge in [-0.15, -0.1) is 0 Å². The SMILES string of the molecule is O=C(c1ccsc1)N1CCC(Oc2ccccc2-c2nc(C3CCOCC3)no2)C1. The fourth-order valence-electron chi connectivity index (χ4n) is 3.97. The van der Waals surface area contributed by atoms with Gasteiger partial charge in [-0.05, 0) is 36.4 Å². The molecule has 2 aliphatic rings. The molecule has 0 bridgehead atoms. The number of hydrogen-bond acceptors (Lipinski definition) is 7. The fraction of sp³-hybridized carbons (Fsp3) is 0.409. The Balaban J connectivity index is 1.29. The van der Waals surface area contributed by atoms with Crippen molar-refractivity contribution in [1.82, 2.24) is 15.0 Å². The van der Waals surface area contributed by atoms with Crippen molar-refractivity contribution in [3.63, 3.8) is 0 Å². The van der Waals surface area contributed by atoms with Crippen LogP contribution in [0.2, 0.25) is 0 Å². The van der Waals surface area contributed by atoms with Gasteiger partial charge in [0.1, 0.15) is 11.9 Å². The van der Waals surface area contributed by atoms with Crippen LogP contribution in [0.5, 0.6) is 5.75 Å². The molecule has 0 spiro atoms. The first kappa shape index (κ1) is 19.3. The van der Waals surface area contributed by atoms with Gasteiger partial charge in [0.2, 0.25) is 0 Å². The number of hydrogen-bond donors (Lipinski definition) is 0. The van der Waals surface area contributed by atoms with Crippen molar-refractivity contribution in [2.45, 2.75) is 31.3 Å². The van der Waals surface area contributed by atoms with Crippen molar-refractivity contribution in [2.24, 2.45) is 0 Å². The predicted octanol–water partition coefficient (Wildman–Crippen LogP) is 3.99. The quantitative estimate of drug-likeness (QED) is 0.615. The van der Waals surface area contributed by atoms with Gasteiger partial charge in [-0.25, -0.2) is 0 Å². The average molecular weight is 426 g/mol. The Hall–Kier alpha value is -2.71. The van der Waals surface area contributed by atoms with E-state index in [9.17, 15) is 4.79 Å². The van der Waals surface area contributed by atoms with Crippen LogP contribution in [-0.2, 0) is 4.74 Å². The Labute approximate surface area is 178 Å². The molecule has 5 rings (SSSR count). The molecule has 0 N–H and O–H groups in total. The second kappa shape index (κ2) is 8.57. The summed E-state index contributed by atoms with van der Waals surface area (Å²) in [4.78, 5) is 19.1. The smallest absolute Gasteiger partial charge is 0.261 e. The zero-order valence-corrected chi connectivity index (χ0v) is 17.3. The van der Waals surface area contributed by atoms with Crippen molar-refractivity contribution in [2.75, 3.05) is 26.3 Å². The second-order valence-electron chi connectivity index (χ2n) is 7.63. The molecule has 4 heterocycles. The van der Waals surface area contributed by atoms with Crippen LogP contribution in [0.3, 0.4) is 0 Å². The lowest BCUT2D eigenvalue weighted by atomic mass is 10.00. The van der Waals surface area contributed by atoms with Crippen LogP contribution in [-0.4, -0.2) is 53.4 Å². The second-order valence-corrected chi connectivity index (χ2v) is 8.41. The molecule has 1 aromatic carbocycles. The van der Waals surface area contributed by atoms with Crippen LogP contribution < -0.4 is 4.74 Å². The maximum absolute atomic E-state index is 12.6. The highest BCUT2D eigenvalue weighted by atomic mass is 32.1. The van der Waals surface area contributed by atoms with E-state index in [0.717, 1.165) is 49.4 Å². The Morgan fingerprint density at radius 3 is 2.87 bits per heavy atom. The molecular formula is C22H23N3O4S. The van der Waals surface area contributed by atoms with Crippen molar-refractivity contribution in [3.05, 3.63) is 52.5 Å². The lowest BCUT2D eigenvalue weighted by Gasteiger charge is -2.18. The van der Waals surface area contributed by atoms with E-state index in [-0.39, 0.29) is 17.9 Å². The lowest BCUT2D eigenvalue weighted by Crippen LogP contribution is -2.30. The summed E-state index contributed by atoms with van der Waals surface area (Å²) in [6, 6.07) is 9.57. The van der Waals surface area contributed by atoms with Crippen LogP contribution in [0.4, 0.5) is 0 Å². The minimum atomic E-state index is -0.0633. The van der Waals surface area contributed by atoms with E-state index in [4.69, 9.17) is 14.0 Å². The van der Waals surface area contributed by atoms with E-state index in [0.29, 0.717) is 24.7 Å². The van der Waals surface area contributed by atoms with Crippen LogP contribution in [0, 0.1) is 0 Å². The predicted molar refractivity (Wildman–Crippen MR) is 112 cm³/mol. The number of aromatic nitrogens is 2. The third kappa shape index (κ3) is 3.97. The average Bonchev–Trinajstić information content (AvgIpc) is 3.56. The van der Waals surface area contributed by atoms with Gasteiger partial charge >= 0.3 is 0 Å². The fourth-order valence-corrected chi connectivity index (χ4v) is 4.60. The Bertz CT molecular complexity index is 997. The first-order valence-electron chi connectivity index (χ1n) is 10.3. The van der Waals surface area contributed by atoms with Gasteiger partial charge in [-0.2, -0.15) is 16.3 Å². The Morgan fingerprint density at radius 2 is 2.03 bits per heavy atom. The standard InChI is InChI=1S/C22H23N3O4S/c26-22(16-8-12-30-14-16)25-9-5-17(13-25)28-19-4-2-1-3-18(19)21-23-20(24-29-21)15-6-10-27-11-7-15/h1-4,8,12,14-15,17H,5-7,9-11,13H2. The van der Waals surface area contributed by atoms with Gasteiger partial charge in [0.05, 0.1) is 17.7 Å². The molecule has 2 aromatic heterocycles. The van der Waals surface area contributed by atoms with Gasteiger partial charge in [0, 0.05) is 37.5 Å². The van der Waals surface area contributed by atoms with E-state index in [1.54, 1.807) is 0 Å². The van der Waals surface area contributed by atoms with Crippen LogP contribution in [0.25, 0.3) is 11.5 Å². The molecule has 156 valence electrons. The summed E-state index contributed by atoms with van der Waals surface area (Å²) in [6.07, 6.45) is 2.55. The molecule has 1 unspecified atom stereocenters. The first-order chi connectivity index (χ1) is 14.8. The molecule has 2 fully saturated rings. The van der Waals surface area contributed by atoms with E-state index in [1.165, 1.54) is 11.3 Å². The summed E-state index contributed by atoms with van der Waals surface area (Å²) in [6.45, 7) is 2.73. The summed E-state index contributed by atoms with van der Waals surface area (Å²) >= 11 is 1.53. The molecule has 0 aliphatic carbocycles. The third-order valence-corrected chi connectivity index (χ3v) is 6.32. The molecule has 8 heteroatoms. The number of carbonyl (C=O) groups excluding carboxylic acids is 1. The largest absolute Gasteiger partial charge is 0.488 e. The Morgan fingerprint density at radius 1 is 1.17 bits per heavy atom. The van der Waals surface area contributed by atoms with Gasteiger partial charge in [0.15, 0.2) is 5.82 Å². The molecular weight excluding hydrogens is 402 g/mol. The molecule has 2 saturated heterocycles. The number of carbonyl (C=O) groups is 1. The molecule has 2 aliphatic heterocycles. The number of para-hydroxylation sites is 1. The van der Waals surface area contributed by atoms with E-state index in [2.05, 4.69) is 10.1 Å². The number of ether oxygens (including phenoxy) is 2. The van der Waals surface area contributed by atoms with Crippen molar-refractivity contribution in [1.29, 1.82) is 0 Å².